The molecule has 108 valence electrons. The van der Waals surface area contributed by atoms with Gasteiger partial charge in [0.15, 0.2) is 0 Å². The first-order valence-electron chi connectivity index (χ1n) is 7.17. The average molecular weight is 279 g/mol. The van der Waals surface area contributed by atoms with Crippen LogP contribution in [0.2, 0.25) is 0 Å². The number of carbonyl (C=O) groups is 1. The van der Waals surface area contributed by atoms with Crippen molar-refractivity contribution in [3.05, 3.63) is 76.9 Å². The van der Waals surface area contributed by atoms with Crippen molar-refractivity contribution in [3.8, 4) is 0 Å². The fourth-order valence-corrected chi connectivity index (χ4v) is 2.11. The Morgan fingerprint density at radius 3 is 2.43 bits per heavy atom. The van der Waals surface area contributed by atoms with E-state index in [0.717, 1.165) is 11.1 Å². The maximum Gasteiger partial charge on any atom is 0.244 e. The Balaban J connectivity index is 1.99. The molecule has 2 aromatic carbocycles. The molecule has 2 nitrogen and oxygen atoms in total. The van der Waals surface area contributed by atoms with Gasteiger partial charge in [-0.1, -0.05) is 48.5 Å². The molecule has 1 amide bonds. The second kappa shape index (κ2) is 6.89. The van der Waals surface area contributed by atoms with Crippen molar-refractivity contribution in [2.45, 2.75) is 26.8 Å². The van der Waals surface area contributed by atoms with E-state index in [4.69, 9.17) is 0 Å². The second-order valence-electron chi connectivity index (χ2n) is 5.32. The van der Waals surface area contributed by atoms with Crippen molar-refractivity contribution in [2.75, 3.05) is 0 Å². The van der Waals surface area contributed by atoms with E-state index in [9.17, 15) is 4.79 Å². The van der Waals surface area contributed by atoms with Crippen molar-refractivity contribution in [1.29, 1.82) is 0 Å². The average Bonchev–Trinajstić information content (AvgIpc) is 2.49. The van der Waals surface area contributed by atoms with Crippen LogP contribution in [0.3, 0.4) is 0 Å². The standard InChI is InChI=1S/C19H21NO/c1-14-9-11-18(13-15(14)2)16(3)20-19(21)12-10-17-7-5-4-6-8-17/h4-13,16H,1-3H3,(H,20,21)/b12-10+. The lowest BCUT2D eigenvalue weighted by Crippen LogP contribution is -2.24. The molecule has 21 heavy (non-hydrogen) atoms. The molecule has 0 spiro atoms. The zero-order valence-corrected chi connectivity index (χ0v) is 12.8. The minimum Gasteiger partial charge on any atom is -0.346 e. The molecule has 0 bridgehead atoms. The van der Waals surface area contributed by atoms with Crippen molar-refractivity contribution in [3.63, 3.8) is 0 Å². The zero-order valence-electron chi connectivity index (χ0n) is 12.8. The molecule has 0 heterocycles. The third-order valence-electron chi connectivity index (χ3n) is 3.62. The number of rotatable bonds is 4. The molecule has 0 saturated carbocycles. The van der Waals surface area contributed by atoms with Crippen LogP contribution in [0.4, 0.5) is 0 Å². The SMILES string of the molecule is Cc1ccc(C(C)NC(=O)/C=C/c2ccccc2)cc1C. The molecule has 0 aliphatic carbocycles. The number of carbonyl (C=O) groups excluding carboxylic acids is 1. The van der Waals surface area contributed by atoms with Crippen LogP contribution in [0.1, 0.15) is 35.2 Å². The molecule has 1 atom stereocenters. The Morgan fingerprint density at radius 2 is 1.76 bits per heavy atom. The number of hydrogen-bond donors (Lipinski definition) is 1. The quantitative estimate of drug-likeness (QED) is 0.835. The van der Waals surface area contributed by atoms with E-state index in [1.807, 2.05) is 43.3 Å². The Hall–Kier alpha value is -2.35. The summed E-state index contributed by atoms with van der Waals surface area (Å²) in [7, 11) is 0. The molecule has 2 heteroatoms. The lowest BCUT2D eigenvalue weighted by atomic mass is 10.0. The van der Waals surface area contributed by atoms with Crippen molar-refractivity contribution < 1.29 is 4.79 Å². The first kappa shape index (κ1) is 15.0. The van der Waals surface area contributed by atoms with Crippen LogP contribution in [0.25, 0.3) is 6.08 Å². The third-order valence-corrected chi connectivity index (χ3v) is 3.62. The lowest BCUT2D eigenvalue weighted by molar-refractivity contribution is -0.117. The van der Waals surface area contributed by atoms with Crippen LogP contribution in [-0.4, -0.2) is 5.91 Å². The van der Waals surface area contributed by atoms with E-state index in [0.29, 0.717) is 0 Å². The number of amides is 1. The summed E-state index contributed by atoms with van der Waals surface area (Å²) in [5.41, 5.74) is 4.65. The second-order valence-corrected chi connectivity index (χ2v) is 5.32. The van der Waals surface area contributed by atoms with Crippen LogP contribution in [0, 0.1) is 13.8 Å². The predicted octanol–water partition coefficient (Wildman–Crippen LogP) is 4.19. The van der Waals surface area contributed by atoms with Crippen LogP contribution >= 0.6 is 0 Å². The van der Waals surface area contributed by atoms with E-state index in [2.05, 4.69) is 37.4 Å². The minimum atomic E-state index is -0.0791. The number of aryl methyl sites for hydroxylation is 2. The largest absolute Gasteiger partial charge is 0.346 e. The zero-order chi connectivity index (χ0) is 15.2. The highest BCUT2D eigenvalue weighted by Crippen LogP contribution is 2.16. The van der Waals surface area contributed by atoms with Gasteiger partial charge in [0.1, 0.15) is 0 Å². The summed E-state index contributed by atoms with van der Waals surface area (Å²) in [6.07, 6.45) is 3.40. The minimum absolute atomic E-state index is 0.00257. The van der Waals surface area contributed by atoms with Crippen molar-refractivity contribution in [1.82, 2.24) is 5.32 Å². The first-order valence-corrected chi connectivity index (χ1v) is 7.17. The number of hydrogen-bond acceptors (Lipinski definition) is 1. The molecule has 0 aromatic heterocycles. The Kier molecular flexibility index (Phi) is 4.94. The molecule has 2 aromatic rings. The predicted molar refractivity (Wildman–Crippen MR) is 87.9 cm³/mol. The Bertz CT molecular complexity index is 644. The van der Waals surface area contributed by atoms with Gasteiger partial charge in [-0.05, 0) is 49.1 Å². The molecule has 1 N–H and O–H groups in total. The summed E-state index contributed by atoms with van der Waals surface area (Å²) in [5, 5.41) is 2.99. The molecular formula is C19H21NO. The van der Waals surface area contributed by atoms with Gasteiger partial charge in [-0.3, -0.25) is 4.79 Å². The van der Waals surface area contributed by atoms with Gasteiger partial charge in [-0.25, -0.2) is 0 Å². The van der Waals surface area contributed by atoms with Crippen molar-refractivity contribution >= 4 is 12.0 Å². The summed E-state index contributed by atoms with van der Waals surface area (Å²) in [5.74, 6) is -0.0791. The number of nitrogens with one attached hydrogen (secondary N) is 1. The molecular weight excluding hydrogens is 258 g/mol. The highest BCUT2D eigenvalue weighted by atomic mass is 16.1. The maximum atomic E-state index is 12.0. The molecule has 0 aliphatic rings. The normalized spacial score (nSPS) is 12.3. The van der Waals surface area contributed by atoms with Gasteiger partial charge in [0.2, 0.25) is 5.91 Å². The Labute approximate surface area is 126 Å². The molecule has 0 fully saturated rings. The fraction of sp³-hybridized carbons (Fsp3) is 0.211. The number of benzene rings is 2. The third kappa shape index (κ3) is 4.32. The monoisotopic (exact) mass is 279 g/mol. The lowest BCUT2D eigenvalue weighted by Gasteiger charge is -2.14. The smallest absolute Gasteiger partial charge is 0.244 e. The van der Waals surface area contributed by atoms with Gasteiger partial charge < -0.3 is 5.32 Å². The van der Waals surface area contributed by atoms with Gasteiger partial charge in [-0.2, -0.15) is 0 Å². The summed E-state index contributed by atoms with van der Waals surface area (Å²) < 4.78 is 0. The van der Waals surface area contributed by atoms with Crippen LogP contribution in [0.5, 0.6) is 0 Å². The molecule has 2 rings (SSSR count). The maximum absolute atomic E-state index is 12.0. The highest BCUT2D eigenvalue weighted by molar-refractivity contribution is 5.91. The summed E-state index contributed by atoms with van der Waals surface area (Å²) in [4.78, 5) is 12.0. The first-order chi connectivity index (χ1) is 10.1. The molecule has 1 unspecified atom stereocenters. The molecule has 0 radical (unpaired) electrons. The van der Waals surface area contributed by atoms with E-state index >= 15 is 0 Å². The summed E-state index contributed by atoms with van der Waals surface area (Å²) in [6, 6.07) is 16.1. The van der Waals surface area contributed by atoms with E-state index in [1.165, 1.54) is 11.1 Å². The van der Waals surface area contributed by atoms with E-state index in [1.54, 1.807) is 6.08 Å². The van der Waals surface area contributed by atoms with Gasteiger partial charge in [0.05, 0.1) is 6.04 Å². The van der Waals surface area contributed by atoms with Crippen LogP contribution in [0.15, 0.2) is 54.6 Å². The Morgan fingerprint density at radius 1 is 1.05 bits per heavy atom. The summed E-state index contributed by atoms with van der Waals surface area (Å²) >= 11 is 0. The highest BCUT2D eigenvalue weighted by Gasteiger charge is 2.08. The van der Waals surface area contributed by atoms with E-state index < -0.39 is 0 Å². The van der Waals surface area contributed by atoms with Gasteiger partial charge in [-0.15, -0.1) is 0 Å². The topological polar surface area (TPSA) is 29.1 Å². The van der Waals surface area contributed by atoms with Crippen LogP contribution < -0.4 is 5.32 Å². The van der Waals surface area contributed by atoms with Gasteiger partial charge in [0, 0.05) is 6.08 Å². The molecule has 0 aliphatic heterocycles. The fourth-order valence-electron chi connectivity index (χ4n) is 2.11. The van der Waals surface area contributed by atoms with Gasteiger partial charge >= 0.3 is 0 Å². The van der Waals surface area contributed by atoms with Crippen molar-refractivity contribution in [2.24, 2.45) is 0 Å². The summed E-state index contributed by atoms with van der Waals surface area (Å²) in [6.45, 7) is 6.17. The molecule has 0 saturated heterocycles. The van der Waals surface area contributed by atoms with Crippen LogP contribution in [-0.2, 0) is 4.79 Å². The van der Waals surface area contributed by atoms with Gasteiger partial charge in [0.25, 0.3) is 0 Å². The van der Waals surface area contributed by atoms with E-state index in [-0.39, 0.29) is 11.9 Å².